The van der Waals surface area contributed by atoms with Crippen molar-refractivity contribution in [1.82, 2.24) is 0 Å². The first-order chi connectivity index (χ1) is 11.9. The Morgan fingerprint density at radius 1 is 1.00 bits per heavy atom. The van der Waals surface area contributed by atoms with Gasteiger partial charge in [-0.2, -0.15) is 0 Å². The molecule has 0 atom stereocenters. The zero-order valence-electron chi connectivity index (χ0n) is 13.3. The molecule has 0 bridgehead atoms. The van der Waals surface area contributed by atoms with E-state index in [0.717, 1.165) is 17.2 Å². The van der Waals surface area contributed by atoms with Gasteiger partial charge in [0, 0.05) is 24.4 Å². The van der Waals surface area contributed by atoms with E-state index in [0.29, 0.717) is 24.1 Å². The molecule has 2 aromatic rings. The van der Waals surface area contributed by atoms with Gasteiger partial charge in [0.1, 0.15) is 0 Å². The first kappa shape index (κ1) is 18.1. The molecule has 0 unspecified atom stereocenters. The number of nitro groups is 2. The maximum Gasteiger partial charge on any atom is 0.346 e. The van der Waals surface area contributed by atoms with Crippen LogP contribution >= 0.6 is 0 Å². The third-order valence-corrected chi connectivity index (χ3v) is 3.62. The molecule has 3 N–H and O–H groups in total. The molecule has 0 saturated heterocycles. The second-order valence-electron chi connectivity index (χ2n) is 5.38. The maximum atomic E-state index is 11.0. The molecule has 8 nitrogen and oxygen atoms in total. The summed E-state index contributed by atoms with van der Waals surface area (Å²) in [6, 6.07) is 9.10. The molecule has 0 radical (unpaired) electrons. The number of nitrogens with zero attached hydrogens (tertiary/aromatic N) is 2. The second kappa shape index (κ2) is 8.02. The standard InChI is InChI=1S/C17H17N3O5/c18-15-7-6-13(14(11-15)2-1-9-21)5-3-12-4-8-16(19(22)23)17(10-12)20(24)25/h3-8,10-11,21H,1-2,9,18H2. The quantitative estimate of drug-likeness (QED) is 0.343. The van der Waals surface area contributed by atoms with Gasteiger partial charge in [0.15, 0.2) is 0 Å². The topological polar surface area (TPSA) is 133 Å². The van der Waals surface area contributed by atoms with E-state index in [-0.39, 0.29) is 6.61 Å². The number of anilines is 1. The van der Waals surface area contributed by atoms with Crippen LogP contribution in [0.1, 0.15) is 23.1 Å². The number of aliphatic hydroxyl groups is 1. The number of nitrogen functional groups attached to an aromatic ring is 1. The van der Waals surface area contributed by atoms with E-state index >= 15 is 0 Å². The Morgan fingerprint density at radius 2 is 1.72 bits per heavy atom. The zero-order valence-corrected chi connectivity index (χ0v) is 13.3. The van der Waals surface area contributed by atoms with Crippen molar-refractivity contribution in [3.8, 4) is 0 Å². The summed E-state index contributed by atoms with van der Waals surface area (Å²) in [5.74, 6) is 0. The van der Waals surface area contributed by atoms with Crippen LogP contribution in [-0.2, 0) is 6.42 Å². The average Bonchev–Trinajstić information content (AvgIpc) is 2.58. The van der Waals surface area contributed by atoms with Crippen molar-refractivity contribution in [2.75, 3.05) is 12.3 Å². The van der Waals surface area contributed by atoms with Crippen LogP contribution in [0.4, 0.5) is 17.1 Å². The summed E-state index contributed by atoms with van der Waals surface area (Å²) in [7, 11) is 0. The number of aliphatic hydroxyl groups excluding tert-OH is 1. The van der Waals surface area contributed by atoms with Gasteiger partial charge in [-0.05, 0) is 47.7 Å². The van der Waals surface area contributed by atoms with Crippen LogP contribution in [-0.4, -0.2) is 21.6 Å². The molecule has 0 heterocycles. The molecule has 2 aromatic carbocycles. The van der Waals surface area contributed by atoms with E-state index in [1.54, 1.807) is 18.2 Å². The minimum atomic E-state index is -0.779. The Labute approximate surface area is 143 Å². The van der Waals surface area contributed by atoms with Crippen molar-refractivity contribution < 1.29 is 15.0 Å². The van der Waals surface area contributed by atoms with E-state index < -0.39 is 21.2 Å². The highest BCUT2D eigenvalue weighted by Crippen LogP contribution is 2.28. The van der Waals surface area contributed by atoms with Gasteiger partial charge in [-0.25, -0.2) is 0 Å². The monoisotopic (exact) mass is 343 g/mol. The van der Waals surface area contributed by atoms with E-state index in [2.05, 4.69) is 0 Å². The molecule has 0 fully saturated rings. The third kappa shape index (κ3) is 4.61. The summed E-state index contributed by atoms with van der Waals surface area (Å²) >= 11 is 0. The van der Waals surface area contributed by atoms with E-state index in [4.69, 9.17) is 10.8 Å². The van der Waals surface area contributed by atoms with Gasteiger partial charge in [-0.3, -0.25) is 20.2 Å². The van der Waals surface area contributed by atoms with Crippen molar-refractivity contribution >= 4 is 29.2 Å². The van der Waals surface area contributed by atoms with E-state index in [9.17, 15) is 20.2 Å². The summed E-state index contributed by atoms with van der Waals surface area (Å²) in [6.07, 6.45) is 4.64. The first-order valence-electron chi connectivity index (χ1n) is 7.52. The normalized spacial score (nSPS) is 10.9. The van der Waals surface area contributed by atoms with Gasteiger partial charge in [0.05, 0.1) is 9.85 Å². The summed E-state index contributed by atoms with van der Waals surface area (Å²) in [5, 5.41) is 30.8. The molecule has 25 heavy (non-hydrogen) atoms. The number of hydrogen-bond acceptors (Lipinski definition) is 6. The molecule has 0 aliphatic rings. The Morgan fingerprint density at radius 3 is 2.36 bits per heavy atom. The summed E-state index contributed by atoms with van der Waals surface area (Å²) in [5.41, 5.74) is 7.58. The predicted octanol–water partition coefficient (Wildman–Crippen LogP) is 3.18. The van der Waals surface area contributed by atoms with Gasteiger partial charge in [0.25, 0.3) is 0 Å². The Kier molecular flexibility index (Phi) is 5.80. The average molecular weight is 343 g/mol. The van der Waals surface area contributed by atoms with Crippen molar-refractivity contribution in [2.45, 2.75) is 12.8 Å². The number of benzene rings is 2. The fourth-order valence-corrected chi connectivity index (χ4v) is 2.41. The van der Waals surface area contributed by atoms with Gasteiger partial charge in [0.2, 0.25) is 0 Å². The fourth-order valence-electron chi connectivity index (χ4n) is 2.41. The highest BCUT2D eigenvalue weighted by molar-refractivity contribution is 5.74. The zero-order chi connectivity index (χ0) is 18.4. The Hall–Kier alpha value is -3.26. The largest absolute Gasteiger partial charge is 0.399 e. The fraction of sp³-hybridized carbons (Fsp3) is 0.176. The van der Waals surface area contributed by atoms with Crippen LogP contribution in [0.15, 0.2) is 36.4 Å². The van der Waals surface area contributed by atoms with Crippen molar-refractivity contribution in [3.05, 3.63) is 73.3 Å². The van der Waals surface area contributed by atoms with Gasteiger partial charge in [-0.1, -0.05) is 18.2 Å². The molecule has 0 aliphatic carbocycles. The number of nitrogens with two attached hydrogens (primary N) is 1. The molecule has 0 spiro atoms. The smallest absolute Gasteiger partial charge is 0.346 e. The van der Waals surface area contributed by atoms with E-state index in [1.165, 1.54) is 12.1 Å². The Bertz CT molecular complexity index is 833. The van der Waals surface area contributed by atoms with Crippen LogP contribution < -0.4 is 5.73 Å². The van der Waals surface area contributed by atoms with Crippen LogP contribution in [0, 0.1) is 20.2 Å². The SMILES string of the molecule is Nc1ccc(C=Cc2ccc([N+](=O)[O-])c([N+](=O)[O-])c2)c(CCCO)c1. The molecule has 2 rings (SSSR count). The summed E-state index contributed by atoms with van der Waals surface area (Å²) in [4.78, 5) is 20.3. The van der Waals surface area contributed by atoms with Crippen LogP contribution in [0.25, 0.3) is 12.2 Å². The van der Waals surface area contributed by atoms with E-state index in [1.807, 2.05) is 12.1 Å². The minimum Gasteiger partial charge on any atom is -0.399 e. The lowest BCUT2D eigenvalue weighted by Crippen LogP contribution is -1.97. The number of nitro benzene ring substituents is 2. The van der Waals surface area contributed by atoms with Crippen molar-refractivity contribution in [3.63, 3.8) is 0 Å². The Balaban J connectivity index is 2.35. The number of aryl methyl sites for hydroxylation is 1. The number of hydrogen-bond donors (Lipinski definition) is 2. The summed E-state index contributed by atoms with van der Waals surface area (Å²) in [6.45, 7) is 0.0620. The van der Waals surface area contributed by atoms with Crippen LogP contribution in [0.3, 0.4) is 0 Å². The lowest BCUT2D eigenvalue weighted by molar-refractivity contribution is -0.422. The molecule has 0 aromatic heterocycles. The first-order valence-corrected chi connectivity index (χ1v) is 7.52. The molecule has 0 aliphatic heterocycles. The molecule has 0 saturated carbocycles. The van der Waals surface area contributed by atoms with Crippen LogP contribution in [0.5, 0.6) is 0 Å². The summed E-state index contributed by atoms with van der Waals surface area (Å²) < 4.78 is 0. The maximum absolute atomic E-state index is 11.0. The molecule has 0 amide bonds. The number of rotatable bonds is 7. The van der Waals surface area contributed by atoms with Crippen LogP contribution in [0.2, 0.25) is 0 Å². The minimum absolute atomic E-state index is 0.0620. The highest BCUT2D eigenvalue weighted by Gasteiger charge is 2.23. The van der Waals surface area contributed by atoms with Gasteiger partial charge >= 0.3 is 11.4 Å². The molecular formula is C17H17N3O5. The predicted molar refractivity (Wildman–Crippen MR) is 94.9 cm³/mol. The van der Waals surface area contributed by atoms with Crippen molar-refractivity contribution in [1.29, 1.82) is 0 Å². The third-order valence-electron chi connectivity index (χ3n) is 3.62. The van der Waals surface area contributed by atoms with Crippen molar-refractivity contribution in [2.24, 2.45) is 0 Å². The molecule has 130 valence electrons. The highest BCUT2D eigenvalue weighted by atomic mass is 16.6. The van der Waals surface area contributed by atoms with Gasteiger partial charge in [-0.15, -0.1) is 0 Å². The molecular weight excluding hydrogens is 326 g/mol. The lowest BCUT2D eigenvalue weighted by Gasteiger charge is -2.07. The lowest BCUT2D eigenvalue weighted by atomic mass is 10.0. The van der Waals surface area contributed by atoms with Gasteiger partial charge < -0.3 is 10.8 Å². The second-order valence-corrected chi connectivity index (χ2v) is 5.38. The molecule has 8 heteroatoms.